The second-order valence-electron chi connectivity index (χ2n) is 22.6. The number of benzene rings is 9. The first kappa shape index (κ1) is 41.1. The summed E-state index contributed by atoms with van der Waals surface area (Å²) in [5.74, 6) is 1.96. The Bertz CT molecular complexity index is 4460. The molecule has 0 saturated carbocycles. The van der Waals surface area contributed by atoms with Gasteiger partial charge in [0, 0.05) is 65.3 Å². The summed E-state index contributed by atoms with van der Waals surface area (Å²) in [5, 5.41) is 7.23. The van der Waals surface area contributed by atoms with Crippen LogP contribution in [0.1, 0.15) is 80.5 Å². The van der Waals surface area contributed by atoms with Crippen molar-refractivity contribution in [2.24, 2.45) is 0 Å². The molecule has 348 valence electrons. The SMILES string of the molecule is Cc1ccc2c(c1)-n1c3ccccc3c3cc(-c4nc(-c5cc6c7c(c5)c5ccccc5n7-c5ccccc5C6(C)C)nc(-c5cc6c7c(c5)c5ccccc5n7-c5ccccc5C6(C)C)n4)cc(c31)C2(C)C. The first-order valence-corrected chi connectivity index (χ1v) is 25.7. The van der Waals surface area contributed by atoms with Crippen LogP contribution in [0, 0.1) is 6.92 Å². The number of aromatic nitrogens is 6. The summed E-state index contributed by atoms with van der Waals surface area (Å²) in [6.07, 6.45) is 0. The Labute approximate surface area is 422 Å². The fraction of sp³-hybridized carbons (Fsp3) is 0.149. The molecule has 0 fully saturated rings. The van der Waals surface area contributed by atoms with Gasteiger partial charge in [-0.2, -0.15) is 0 Å². The third kappa shape index (κ3) is 5.15. The molecule has 0 unspecified atom stereocenters. The Hall–Kier alpha value is -8.61. The summed E-state index contributed by atoms with van der Waals surface area (Å²) in [4.78, 5) is 17.0. The lowest BCUT2D eigenvalue weighted by Gasteiger charge is -2.35. The van der Waals surface area contributed by atoms with Crippen molar-refractivity contribution in [2.75, 3.05) is 0 Å². The topological polar surface area (TPSA) is 53.5 Å². The van der Waals surface area contributed by atoms with Crippen LogP contribution in [0.15, 0.2) is 176 Å². The monoisotopic (exact) mass is 938 g/mol. The normalized spacial score (nSPS) is 15.4. The smallest absolute Gasteiger partial charge is 0.164 e. The molecule has 13 aromatic rings. The third-order valence-electron chi connectivity index (χ3n) is 17.4. The van der Waals surface area contributed by atoms with E-state index in [1.54, 1.807) is 0 Å². The molecule has 0 saturated heterocycles. The van der Waals surface area contributed by atoms with Gasteiger partial charge in [-0.25, -0.2) is 15.0 Å². The predicted octanol–water partition coefficient (Wildman–Crippen LogP) is 16.4. The van der Waals surface area contributed by atoms with Gasteiger partial charge in [-0.3, -0.25) is 0 Å². The molecule has 73 heavy (non-hydrogen) atoms. The molecule has 6 nitrogen and oxygen atoms in total. The zero-order valence-corrected chi connectivity index (χ0v) is 41.9. The molecule has 0 spiro atoms. The molecule has 0 atom stereocenters. The van der Waals surface area contributed by atoms with Gasteiger partial charge < -0.3 is 13.7 Å². The molecule has 0 aliphatic carbocycles. The summed E-state index contributed by atoms with van der Waals surface area (Å²) in [5.41, 5.74) is 21.9. The van der Waals surface area contributed by atoms with Crippen LogP contribution >= 0.6 is 0 Å². The summed E-state index contributed by atoms with van der Waals surface area (Å²) >= 11 is 0. The average molecular weight is 939 g/mol. The summed E-state index contributed by atoms with van der Waals surface area (Å²) < 4.78 is 7.45. The predicted molar refractivity (Wildman–Crippen MR) is 300 cm³/mol. The average Bonchev–Trinajstić information content (AvgIpc) is 4.06. The van der Waals surface area contributed by atoms with Crippen molar-refractivity contribution in [3.8, 4) is 51.2 Å². The lowest BCUT2D eigenvalue weighted by molar-refractivity contribution is 0.630. The van der Waals surface area contributed by atoms with Crippen molar-refractivity contribution < 1.29 is 0 Å². The van der Waals surface area contributed by atoms with E-state index in [9.17, 15) is 0 Å². The van der Waals surface area contributed by atoms with Crippen molar-refractivity contribution in [3.63, 3.8) is 0 Å². The van der Waals surface area contributed by atoms with Gasteiger partial charge in [0.1, 0.15) is 0 Å². The Kier molecular flexibility index (Phi) is 7.68. The Morgan fingerprint density at radius 1 is 0.301 bits per heavy atom. The van der Waals surface area contributed by atoms with E-state index < -0.39 is 0 Å². The van der Waals surface area contributed by atoms with Crippen LogP contribution in [-0.2, 0) is 16.2 Å². The number of para-hydroxylation sites is 5. The maximum atomic E-state index is 5.66. The number of hydrogen-bond donors (Lipinski definition) is 0. The van der Waals surface area contributed by atoms with Crippen LogP contribution in [0.25, 0.3) is 117 Å². The second-order valence-corrected chi connectivity index (χ2v) is 22.6. The van der Waals surface area contributed by atoms with Crippen LogP contribution in [0.5, 0.6) is 0 Å². The quantitative estimate of drug-likeness (QED) is 0.177. The van der Waals surface area contributed by atoms with E-state index in [0.29, 0.717) is 17.5 Å². The Morgan fingerprint density at radius 2 is 0.630 bits per heavy atom. The van der Waals surface area contributed by atoms with Crippen LogP contribution in [0.3, 0.4) is 0 Å². The molecule has 4 aromatic heterocycles. The first-order valence-electron chi connectivity index (χ1n) is 25.7. The van der Waals surface area contributed by atoms with Gasteiger partial charge in [0.25, 0.3) is 0 Å². The van der Waals surface area contributed by atoms with Gasteiger partial charge in [0.15, 0.2) is 17.5 Å². The third-order valence-corrected chi connectivity index (χ3v) is 17.4. The first-order chi connectivity index (χ1) is 35.4. The van der Waals surface area contributed by atoms with Crippen molar-refractivity contribution >= 4 is 65.4 Å². The maximum absolute atomic E-state index is 5.66. The number of fused-ring (bicyclic) bond motifs is 15. The van der Waals surface area contributed by atoms with Crippen LogP contribution in [-0.4, -0.2) is 28.7 Å². The van der Waals surface area contributed by atoms with E-state index in [1.807, 2.05) is 0 Å². The van der Waals surface area contributed by atoms with Crippen molar-refractivity contribution in [1.29, 1.82) is 0 Å². The summed E-state index contributed by atoms with van der Waals surface area (Å²) in [6.45, 7) is 16.4. The summed E-state index contributed by atoms with van der Waals surface area (Å²) in [7, 11) is 0. The summed E-state index contributed by atoms with van der Waals surface area (Å²) in [6, 6.07) is 65.4. The largest absolute Gasteiger partial charge is 0.309 e. The number of rotatable bonds is 3. The van der Waals surface area contributed by atoms with Gasteiger partial charge in [-0.05, 0) is 119 Å². The fourth-order valence-electron chi connectivity index (χ4n) is 13.8. The highest BCUT2D eigenvalue weighted by atomic mass is 15.1. The highest BCUT2D eigenvalue weighted by Gasteiger charge is 2.39. The number of nitrogens with zero attached hydrogens (tertiary/aromatic N) is 6. The van der Waals surface area contributed by atoms with Crippen LogP contribution < -0.4 is 0 Å². The van der Waals surface area contributed by atoms with E-state index in [0.717, 1.165) is 16.7 Å². The molecule has 0 radical (unpaired) electrons. The molecule has 9 aromatic carbocycles. The second kappa shape index (κ2) is 13.7. The van der Waals surface area contributed by atoms with Gasteiger partial charge in [0.2, 0.25) is 0 Å². The van der Waals surface area contributed by atoms with Gasteiger partial charge in [-0.1, -0.05) is 145 Å². The standard InChI is InChI=1S/C67H50N6/c1-37-28-29-49-58(30-37)73-55-25-15-10-20-43(55)46-33-40(36-52(61(46)73)67(49,6)7)64-69-62(38-31-44-41-18-8-13-23-53(41)71-56-26-16-11-21-47(56)65(2,3)50(34-38)59(44)71)68-63(70-64)39-32-45-42-19-9-14-24-54(42)72-57-27-17-12-22-48(57)66(4,5)51(35-39)60(45)72/h8-36H,1-7H3. The Balaban J connectivity index is 1.01. The van der Waals surface area contributed by atoms with E-state index in [4.69, 9.17) is 15.0 Å². The van der Waals surface area contributed by atoms with Crippen molar-refractivity contribution in [2.45, 2.75) is 64.7 Å². The Morgan fingerprint density at radius 3 is 1.03 bits per heavy atom. The molecule has 0 amide bonds. The van der Waals surface area contributed by atoms with Crippen LogP contribution in [0.2, 0.25) is 0 Å². The minimum absolute atomic E-state index is 0.306. The molecule has 7 heterocycles. The lowest BCUT2D eigenvalue weighted by atomic mass is 9.74. The van der Waals surface area contributed by atoms with Crippen LogP contribution in [0.4, 0.5) is 0 Å². The molecular formula is C67H50N6. The number of hydrogen-bond acceptors (Lipinski definition) is 3. The molecular weight excluding hydrogens is 889 g/mol. The van der Waals surface area contributed by atoms with Gasteiger partial charge in [-0.15, -0.1) is 0 Å². The fourth-order valence-corrected chi connectivity index (χ4v) is 13.8. The molecule has 0 N–H and O–H groups in total. The molecule has 6 heteroatoms. The highest BCUT2D eigenvalue weighted by Crippen LogP contribution is 2.53. The van der Waals surface area contributed by atoms with E-state index >= 15 is 0 Å². The van der Waals surface area contributed by atoms with Crippen molar-refractivity contribution in [3.05, 3.63) is 215 Å². The molecule has 3 aliphatic rings. The van der Waals surface area contributed by atoms with Gasteiger partial charge >= 0.3 is 0 Å². The molecule has 16 rings (SSSR count). The minimum Gasteiger partial charge on any atom is -0.309 e. The lowest BCUT2D eigenvalue weighted by Crippen LogP contribution is -2.26. The van der Waals surface area contributed by atoms with E-state index in [1.165, 1.54) is 121 Å². The maximum Gasteiger partial charge on any atom is 0.164 e. The van der Waals surface area contributed by atoms with Crippen molar-refractivity contribution in [1.82, 2.24) is 28.7 Å². The zero-order valence-electron chi connectivity index (χ0n) is 41.9. The van der Waals surface area contributed by atoms with E-state index in [2.05, 4.69) is 238 Å². The molecule has 0 bridgehead atoms. The van der Waals surface area contributed by atoms with Gasteiger partial charge in [0.05, 0.1) is 50.2 Å². The highest BCUT2D eigenvalue weighted by molar-refractivity contribution is 6.15. The minimum atomic E-state index is -0.312. The molecule has 3 aliphatic heterocycles. The zero-order chi connectivity index (χ0) is 49.0. The number of aryl methyl sites for hydroxylation is 1. The van der Waals surface area contributed by atoms with E-state index in [-0.39, 0.29) is 16.2 Å².